The Hall–Kier alpha value is -2.74. The van der Waals surface area contributed by atoms with E-state index in [9.17, 15) is 74.6 Å². The van der Waals surface area contributed by atoms with E-state index in [0.717, 1.165) is 18.2 Å². The molecule has 0 aliphatic heterocycles. The fraction of sp³-hybridized carbons (Fsp3) is 0.471. The van der Waals surface area contributed by atoms with E-state index in [1.807, 2.05) is 0 Å². The predicted molar refractivity (Wildman–Crippen MR) is 80.9 cm³/mol. The van der Waals surface area contributed by atoms with Crippen LogP contribution in [0.4, 0.5) is 74.6 Å². The van der Waals surface area contributed by atoms with E-state index >= 15 is 0 Å². The molecule has 35 heavy (non-hydrogen) atoms. The molecule has 0 radical (unpaired) electrons. The quantitative estimate of drug-likeness (QED) is 0.308. The summed E-state index contributed by atoms with van der Waals surface area (Å²) in [5.41, 5.74) is -1.34. The van der Waals surface area contributed by atoms with Crippen molar-refractivity contribution in [2.75, 3.05) is 0 Å². The van der Waals surface area contributed by atoms with Gasteiger partial charge in [-0.25, -0.2) is 0 Å². The van der Waals surface area contributed by atoms with Gasteiger partial charge < -0.3 is 0 Å². The van der Waals surface area contributed by atoms with E-state index in [-0.39, 0.29) is 6.08 Å². The van der Waals surface area contributed by atoms with Crippen LogP contribution in [-0.2, 0) is 0 Å². The summed E-state index contributed by atoms with van der Waals surface area (Å²) in [6.45, 7) is 0. The Morgan fingerprint density at radius 2 is 0.914 bits per heavy atom. The Balaban J connectivity index is 3.63. The van der Waals surface area contributed by atoms with Gasteiger partial charge in [0.15, 0.2) is 0 Å². The summed E-state index contributed by atoms with van der Waals surface area (Å²) in [7, 11) is 0. The third kappa shape index (κ3) is 4.26. The second-order valence-corrected chi connectivity index (χ2v) is 6.60. The third-order valence-corrected chi connectivity index (χ3v) is 4.30. The van der Waals surface area contributed by atoms with Crippen molar-refractivity contribution in [3.8, 4) is 6.07 Å². The first kappa shape index (κ1) is 30.3. The topological polar surface area (TPSA) is 23.8 Å². The van der Waals surface area contributed by atoms with Crippen molar-refractivity contribution in [2.45, 2.75) is 47.6 Å². The molecular weight excluding hydrogens is 541 g/mol. The molecule has 1 rings (SSSR count). The molecule has 0 aromatic heterocycles. The van der Waals surface area contributed by atoms with Gasteiger partial charge in [-0.3, -0.25) is 0 Å². The summed E-state index contributed by atoms with van der Waals surface area (Å²) in [4.78, 5) is 0. The van der Waals surface area contributed by atoms with E-state index < -0.39 is 64.8 Å². The van der Waals surface area contributed by atoms with Gasteiger partial charge in [0.2, 0.25) is 0 Å². The van der Waals surface area contributed by atoms with Gasteiger partial charge in [0.1, 0.15) is 0 Å². The number of alkyl halides is 17. The second kappa shape index (κ2) is 8.43. The van der Waals surface area contributed by atoms with Gasteiger partial charge >= 0.3 is 47.6 Å². The highest BCUT2D eigenvalue weighted by atomic mass is 19.4. The van der Waals surface area contributed by atoms with Crippen molar-refractivity contribution in [3.05, 3.63) is 41.5 Å². The fourth-order valence-corrected chi connectivity index (χ4v) is 2.22. The number of hydrogen-bond donors (Lipinski definition) is 0. The molecule has 18 heteroatoms. The molecule has 0 heterocycles. The van der Waals surface area contributed by atoms with Gasteiger partial charge in [-0.05, 0) is 17.7 Å². The average molecular weight is 547 g/mol. The summed E-state index contributed by atoms with van der Waals surface area (Å²) in [5, 5.41) is 8.70. The number of nitriles is 1. The zero-order chi connectivity index (χ0) is 28.1. The lowest BCUT2D eigenvalue weighted by Crippen LogP contribution is -2.74. The molecule has 0 bridgehead atoms. The average Bonchev–Trinajstić information content (AvgIpc) is 2.70. The fourth-order valence-electron chi connectivity index (χ4n) is 2.22. The number of halogens is 17. The first-order valence-electron chi connectivity index (χ1n) is 8.17. The first-order chi connectivity index (χ1) is 15.3. The monoisotopic (exact) mass is 547 g/mol. The lowest BCUT2D eigenvalue weighted by molar-refractivity contribution is -0.459. The van der Waals surface area contributed by atoms with Gasteiger partial charge in [0, 0.05) is 0 Å². The molecule has 198 valence electrons. The van der Waals surface area contributed by atoms with Crippen molar-refractivity contribution in [2.24, 2.45) is 0 Å². The van der Waals surface area contributed by atoms with E-state index in [1.165, 1.54) is 6.07 Å². The molecule has 1 nitrogen and oxygen atoms in total. The van der Waals surface area contributed by atoms with Crippen LogP contribution in [0.25, 0.3) is 6.08 Å². The highest BCUT2D eigenvalue weighted by Crippen LogP contribution is 2.64. The van der Waals surface area contributed by atoms with Crippen LogP contribution in [0.2, 0.25) is 0 Å². The van der Waals surface area contributed by atoms with Crippen LogP contribution in [-0.4, -0.2) is 47.6 Å². The Labute approximate surface area is 182 Å². The zero-order valence-corrected chi connectivity index (χ0v) is 15.8. The van der Waals surface area contributed by atoms with Crippen LogP contribution in [0, 0.1) is 11.3 Å². The SMILES string of the molecule is N#Cc1ccccc1/C=C/C(F)(F)C(F)(F)C(F)(F)C(F)(F)C(F)(F)C(F)(F)C(F)(F)C(F)(F)F. The smallest absolute Gasteiger partial charge is 0.195 e. The van der Waals surface area contributed by atoms with Crippen LogP contribution in [0.3, 0.4) is 0 Å². The summed E-state index contributed by atoms with van der Waals surface area (Å²) in [5.74, 6) is -56.8. The number of rotatable bonds is 8. The lowest BCUT2D eigenvalue weighted by Gasteiger charge is -2.42. The molecule has 0 saturated carbocycles. The Morgan fingerprint density at radius 1 is 0.543 bits per heavy atom. The maximum atomic E-state index is 13.8. The molecule has 0 aliphatic carbocycles. The first-order valence-corrected chi connectivity index (χ1v) is 8.17. The van der Waals surface area contributed by atoms with E-state index in [1.54, 1.807) is 0 Å². The lowest BCUT2D eigenvalue weighted by atomic mass is 9.88. The molecule has 0 fully saturated rings. The van der Waals surface area contributed by atoms with E-state index in [2.05, 4.69) is 0 Å². The van der Waals surface area contributed by atoms with Crippen LogP contribution in [0.15, 0.2) is 30.3 Å². The van der Waals surface area contributed by atoms with Gasteiger partial charge in [-0.15, -0.1) is 0 Å². The van der Waals surface area contributed by atoms with Crippen LogP contribution in [0.1, 0.15) is 11.1 Å². The summed E-state index contributed by atoms with van der Waals surface area (Å²) in [6.07, 6.45) is -9.38. The molecule has 1 aromatic rings. The molecule has 0 atom stereocenters. The number of benzene rings is 1. The molecule has 1 aromatic carbocycles. The van der Waals surface area contributed by atoms with Crippen molar-refractivity contribution in [1.29, 1.82) is 5.26 Å². The minimum Gasteiger partial charge on any atom is -0.195 e. The van der Waals surface area contributed by atoms with Crippen LogP contribution < -0.4 is 0 Å². The number of hydrogen-bond acceptors (Lipinski definition) is 1. The van der Waals surface area contributed by atoms with E-state index in [0.29, 0.717) is 6.07 Å². The van der Waals surface area contributed by atoms with Crippen molar-refractivity contribution >= 4 is 6.08 Å². The molecule has 0 saturated heterocycles. The Bertz CT molecular complexity index is 997. The van der Waals surface area contributed by atoms with E-state index in [4.69, 9.17) is 5.26 Å². The van der Waals surface area contributed by atoms with Crippen molar-refractivity contribution in [1.82, 2.24) is 0 Å². The minimum absolute atomic E-state index is 0.259. The summed E-state index contributed by atoms with van der Waals surface area (Å²) < 4.78 is 224. The number of allylic oxidation sites excluding steroid dienone is 1. The molecule has 0 unspecified atom stereocenters. The Morgan fingerprint density at radius 3 is 1.31 bits per heavy atom. The zero-order valence-electron chi connectivity index (χ0n) is 15.8. The minimum atomic E-state index is -8.67. The van der Waals surface area contributed by atoms with Crippen LogP contribution >= 0.6 is 0 Å². The third-order valence-electron chi connectivity index (χ3n) is 4.30. The van der Waals surface area contributed by atoms with Gasteiger partial charge in [-0.2, -0.15) is 79.9 Å². The maximum Gasteiger partial charge on any atom is 0.460 e. The number of nitrogens with zero attached hydrogens (tertiary/aromatic N) is 1. The van der Waals surface area contributed by atoms with Gasteiger partial charge in [-0.1, -0.05) is 24.3 Å². The summed E-state index contributed by atoms with van der Waals surface area (Å²) in [6, 6.07) is 4.89. The second-order valence-electron chi connectivity index (χ2n) is 6.60. The highest BCUT2D eigenvalue weighted by molar-refractivity contribution is 5.58. The maximum absolute atomic E-state index is 13.8. The molecule has 0 aliphatic rings. The normalized spacial score (nSPS) is 15.4. The standard InChI is InChI=1S/C17H6F17N/c18-10(19,6-5-8-3-1-2-4-9(8)7-35)11(20,21)12(22,23)13(24,25)14(26,27)15(28,29)16(30,31)17(32,33)34/h1-6H/b6-5+. The molecule has 0 N–H and O–H groups in total. The van der Waals surface area contributed by atoms with Gasteiger partial charge in [0.05, 0.1) is 11.6 Å². The van der Waals surface area contributed by atoms with Crippen molar-refractivity contribution in [3.63, 3.8) is 0 Å². The Kier molecular flexibility index (Phi) is 7.30. The van der Waals surface area contributed by atoms with Crippen molar-refractivity contribution < 1.29 is 74.6 Å². The molecule has 0 amide bonds. The molecule has 0 spiro atoms. The predicted octanol–water partition coefficient (Wildman–Crippen LogP) is 7.58. The summed E-state index contributed by atoms with van der Waals surface area (Å²) >= 11 is 0. The van der Waals surface area contributed by atoms with Crippen LogP contribution in [0.5, 0.6) is 0 Å². The van der Waals surface area contributed by atoms with Gasteiger partial charge in [0.25, 0.3) is 0 Å². The largest absolute Gasteiger partial charge is 0.460 e. The highest BCUT2D eigenvalue weighted by Gasteiger charge is 2.95. The molecular formula is C17H6F17N.